The molecule has 0 aliphatic rings. The Morgan fingerprint density at radius 2 is 1.94 bits per heavy atom. The van der Waals surface area contributed by atoms with Gasteiger partial charge in [-0.1, -0.05) is 11.6 Å². The summed E-state index contributed by atoms with van der Waals surface area (Å²) in [6, 6.07) is 6.90. The molecule has 6 heteroatoms. The summed E-state index contributed by atoms with van der Waals surface area (Å²) in [6.45, 7) is 2.14. The molecule has 0 saturated carbocycles. The maximum atomic E-state index is 11.1. The standard InChI is InChI=1S/C10H14ClNO3S/c1-2-16(13,14)12-7-8-15-10-5-3-9(11)4-6-10/h3-6,12H,2,7-8H2,1H3. The van der Waals surface area contributed by atoms with Crippen LogP contribution in [0.15, 0.2) is 24.3 Å². The minimum atomic E-state index is -3.13. The molecule has 0 radical (unpaired) electrons. The highest BCUT2D eigenvalue weighted by Gasteiger charge is 2.04. The predicted octanol–water partition coefficient (Wildman–Crippen LogP) is 1.66. The molecule has 90 valence electrons. The molecule has 1 aromatic rings. The van der Waals surface area contributed by atoms with Gasteiger partial charge in [-0.3, -0.25) is 0 Å². The Kier molecular flexibility index (Phi) is 5.05. The third kappa shape index (κ3) is 4.83. The van der Waals surface area contributed by atoms with E-state index in [0.29, 0.717) is 17.4 Å². The van der Waals surface area contributed by atoms with Crippen LogP contribution in [0.3, 0.4) is 0 Å². The van der Waals surface area contributed by atoms with E-state index in [4.69, 9.17) is 16.3 Å². The summed E-state index contributed by atoms with van der Waals surface area (Å²) < 4.78 is 29.9. The number of hydrogen-bond acceptors (Lipinski definition) is 3. The Morgan fingerprint density at radius 3 is 2.50 bits per heavy atom. The molecule has 0 aliphatic heterocycles. The van der Waals surface area contributed by atoms with E-state index in [9.17, 15) is 8.42 Å². The largest absolute Gasteiger partial charge is 0.492 e. The minimum absolute atomic E-state index is 0.0773. The molecule has 0 aliphatic carbocycles. The van der Waals surface area contributed by atoms with E-state index in [2.05, 4.69) is 4.72 Å². The van der Waals surface area contributed by atoms with Gasteiger partial charge in [0.25, 0.3) is 0 Å². The lowest BCUT2D eigenvalue weighted by atomic mass is 10.3. The molecule has 0 heterocycles. The molecule has 4 nitrogen and oxygen atoms in total. The number of ether oxygens (including phenoxy) is 1. The van der Waals surface area contributed by atoms with Crippen molar-refractivity contribution < 1.29 is 13.2 Å². The lowest BCUT2D eigenvalue weighted by Crippen LogP contribution is -2.29. The Morgan fingerprint density at radius 1 is 1.31 bits per heavy atom. The summed E-state index contributed by atoms with van der Waals surface area (Å²) in [7, 11) is -3.13. The molecule has 1 aromatic carbocycles. The Balaban J connectivity index is 2.29. The molecule has 1 N–H and O–H groups in total. The monoisotopic (exact) mass is 263 g/mol. The second kappa shape index (κ2) is 6.08. The summed E-state index contributed by atoms with van der Waals surface area (Å²) in [6.07, 6.45) is 0. The van der Waals surface area contributed by atoms with Gasteiger partial charge in [-0.05, 0) is 31.2 Å². The molecular weight excluding hydrogens is 250 g/mol. The molecule has 1 rings (SSSR count). The quantitative estimate of drug-likeness (QED) is 0.794. The van der Waals surface area contributed by atoms with E-state index >= 15 is 0 Å². The fourth-order valence-electron chi connectivity index (χ4n) is 0.999. The van der Waals surface area contributed by atoms with Crippen molar-refractivity contribution in [3.05, 3.63) is 29.3 Å². The summed E-state index contributed by atoms with van der Waals surface area (Å²) in [5, 5.41) is 0.638. The van der Waals surface area contributed by atoms with E-state index < -0.39 is 10.0 Å². The molecule has 0 saturated heterocycles. The van der Waals surface area contributed by atoms with Gasteiger partial charge in [-0.25, -0.2) is 13.1 Å². The smallest absolute Gasteiger partial charge is 0.211 e. The van der Waals surface area contributed by atoms with Gasteiger partial charge in [0.15, 0.2) is 0 Å². The number of hydrogen-bond donors (Lipinski definition) is 1. The van der Waals surface area contributed by atoms with E-state index in [0.717, 1.165) is 0 Å². The lowest BCUT2D eigenvalue weighted by Gasteiger charge is -2.07. The first-order valence-electron chi connectivity index (χ1n) is 4.89. The summed E-state index contributed by atoms with van der Waals surface area (Å²) in [5.74, 6) is 0.744. The molecule has 0 unspecified atom stereocenters. The number of nitrogens with one attached hydrogen (secondary N) is 1. The molecule has 0 spiro atoms. The van der Waals surface area contributed by atoms with Crippen molar-refractivity contribution in [1.82, 2.24) is 4.72 Å². The van der Waals surface area contributed by atoms with E-state index in [1.54, 1.807) is 31.2 Å². The molecule has 0 fully saturated rings. The van der Waals surface area contributed by atoms with Crippen molar-refractivity contribution in [3.63, 3.8) is 0 Å². The third-order valence-electron chi connectivity index (χ3n) is 1.89. The van der Waals surface area contributed by atoms with Crippen molar-refractivity contribution in [2.24, 2.45) is 0 Å². The number of halogens is 1. The zero-order valence-electron chi connectivity index (χ0n) is 8.94. The SMILES string of the molecule is CCS(=O)(=O)NCCOc1ccc(Cl)cc1. The van der Waals surface area contributed by atoms with Crippen LogP contribution in [0.5, 0.6) is 5.75 Å². The first-order chi connectivity index (χ1) is 7.53. The van der Waals surface area contributed by atoms with Crippen molar-refractivity contribution in [1.29, 1.82) is 0 Å². The van der Waals surface area contributed by atoms with Crippen LogP contribution < -0.4 is 9.46 Å². The highest BCUT2D eigenvalue weighted by molar-refractivity contribution is 7.89. The van der Waals surface area contributed by atoms with E-state index in [-0.39, 0.29) is 12.3 Å². The van der Waals surface area contributed by atoms with Crippen molar-refractivity contribution in [3.8, 4) is 5.75 Å². The van der Waals surface area contributed by atoms with Crippen LogP contribution in [0.25, 0.3) is 0 Å². The van der Waals surface area contributed by atoms with Gasteiger partial charge in [0.05, 0.1) is 5.75 Å². The summed E-state index contributed by atoms with van der Waals surface area (Å²) >= 11 is 5.70. The number of rotatable bonds is 6. The molecule has 0 aromatic heterocycles. The van der Waals surface area contributed by atoms with Gasteiger partial charge in [0.1, 0.15) is 12.4 Å². The Labute approximate surface area is 101 Å². The minimum Gasteiger partial charge on any atom is -0.492 e. The maximum absolute atomic E-state index is 11.1. The van der Waals surface area contributed by atoms with Gasteiger partial charge >= 0.3 is 0 Å². The summed E-state index contributed by atoms with van der Waals surface area (Å²) in [4.78, 5) is 0. The van der Waals surface area contributed by atoms with Gasteiger partial charge in [-0.2, -0.15) is 0 Å². The topological polar surface area (TPSA) is 55.4 Å². The van der Waals surface area contributed by atoms with Crippen LogP contribution >= 0.6 is 11.6 Å². The van der Waals surface area contributed by atoms with Gasteiger partial charge in [-0.15, -0.1) is 0 Å². The maximum Gasteiger partial charge on any atom is 0.211 e. The first kappa shape index (κ1) is 13.3. The van der Waals surface area contributed by atoms with Crippen LogP contribution in [0, 0.1) is 0 Å². The van der Waals surface area contributed by atoms with Crippen LogP contribution in [0.1, 0.15) is 6.92 Å². The number of benzene rings is 1. The zero-order valence-corrected chi connectivity index (χ0v) is 10.5. The molecule has 16 heavy (non-hydrogen) atoms. The fourth-order valence-corrected chi connectivity index (χ4v) is 1.72. The highest BCUT2D eigenvalue weighted by Crippen LogP contribution is 2.14. The molecule has 0 atom stereocenters. The van der Waals surface area contributed by atoms with E-state index in [1.165, 1.54) is 0 Å². The van der Waals surface area contributed by atoms with Gasteiger partial charge < -0.3 is 4.74 Å². The second-order valence-corrected chi connectivity index (χ2v) is 5.63. The third-order valence-corrected chi connectivity index (χ3v) is 3.54. The lowest BCUT2D eigenvalue weighted by molar-refractivity contribution is 0.323. The van der Waals surface area contributed by atoms with Gasteiger partial charge in [0, 0.05) is 11.6 Å². The van der Waals surface area contributed by atoms with Crippen LogP contribution in [0.2, 0.25) is 5.02 Å². The average Bonchev–Trinajstić information content (AvgIpc) is 2.27. The predicted molar refractivity (Wildman–Crippen MR) is 64.4 cm³/mol. The normalized spacial score (nSPS) is 11.4. The van der Waals surface area contributed by atoms with Crippen molar-refractivity contribution in [2.45, 2.75) is 6.92 Å². The first-order valence-corrected chi connectivity index (χ1v) is 6.92. The second-order valence-electron chi connectivity index (χ2n) is 3.10. The Bertz CT molecular complexity index is 416. The fraction of sp³-hybridized carbons (Fsp3) is 0.400. The van der Waals surface area contributed by atoms with Crippen LogP contribution in [0.4, 0.5) is 0 Å². The molecule has 0 bridgehead atoms. The average molecular weight is 264 g/mol. The summed E-state index contributed by atoms with van der Waals surface area (Å²) in [5.41, 5.74) is 0. The van der Waals surface area contributed by atoms with Crippen LogP contribution in [-0.4, -0.2) is 27.3 Å². The molecular formula is C10H14ClNO3S. The van der Waals surface area contributed by atoms with Crippen molar-refractivity contribution >= 4 is 21.6 Å². The van der Waals surface area contributed by atoms with Gasteiger partial charge in [0.2, 0.25) is 10.0 Å². The van der Waals surface area contributed by atoms with E-state index in [1.807, 2.05) is 0 Å². The Hall–Kier alpha value is -0.780. The highest BCUT2D eigenvalue weighted by atomic mass is 35.5. The van der Waals surface area contributed by atoms with Crippen molar-refractivity contribution in [2.75, 3.05) is 18.9 Å². The molecule has 0 amide bonds. The zero-order chi connectivity index (χ0) is 12.0. The number of sulfonamides is 1. The van der Waals surface area contributed by atoms with Crippen LogP contribution in [-0.2, 0) is 10.0 Å².